The fourth-order valence-electron chi connectivity index (χ4n) is 3.06. The van der Waals surface area contributed by atoms with Gasteiger partial charge in [0, 0.05) is 16.6 Å². The van der Waals surface area contributed by atoms with Gasteiger partial charge in [0.1, 0.15) is 15.5 Å². The lowest BCUT2D eigenvalue weighted by Gasteiger charge is -2.14. The first kappa shape index (κ1) is 14.3. The van der Waals surface area contributed by atoms with E-state index in [1.807, 2.05) is 0 Å². The summed E-state index contributed by atoms with van der Waals surface area (Å²) in [6.07, 6.45) is 4.35. The molecule has 0 atom stereocenters. The molecule has 1 aliphatic rings. The van der Waals surface area contributed by atoms with Crippen molar-refractivity contribution in [2.75, 3.05) is 5.73 Å². The van der Waals surface area contributed by atoms with Gasteiger partial charge in [-0.1, -0.05) is 0 Å². The van der Waals surface area contributed by atoms with E-state index in [9.17, 15) is 9.18 Å². The Morgan fingerprint density at radius 2 is 1.91 bits per heavy atom. The Bertz CT molecular complexity index is 915. The molecule has 0 bridgehead atoms. The molecule has 0 aliphatic heterocycles. The lowest BCUT2D eigenvalue weighted by molar-refractivity contribution is 0.104. The van der Waals surface area contributed by atoms with Crippen molar-refractivity contribution in [1.82, 2.24) is 4.98 Å². The summed E-state index contributed by atoms with van der Waals surface area (Å²) in [6, 6.07) is 7.63. The minimum atomic E-state index is -0.361. The molecule has 23 heavy (non-hydrogen) atoms. The molecule has 1 aliphatic carbocycles. The Labute approximate surface area is 137 Å². The number of ketones is 1. The third-order valence-electron chi connectivity index (χ3n) is 4.31. The van der Waals surface area contributed by atoms with E-state index in [1.165, 1.54) is 47.6 Å². The summed E-state index contributed by atoms with van der Waals surface area (Å²) < 4.78 is 13.0. The van der Waals surface area contributed by atoms with Crippen LogP contribution in [0.1, 0.15) is 39.3 Å². The normalized spacial score (nSPS) is 14.0. The van der Waals surface area contributed by atoms with Crippen LogP contribution in [-0.2, 0) is 12.8 Å². The highest BCUT2D eigenvalue weighted by atomic mass is 32.1. The number of rotatable bonds is 2. The number of fused-ring (bicyclic) bond motifs is 2. The zero-order valence-corrected chi connectivity index (χ0v) is 13.3. The average molecular weight is 326 g/mol. The maximum absolute atomic E-state index is 13.0. The first-order chi connectivity index (χ1) is 11.1. The van der Waals surface area contributed by atoms with Crippen LogP contribution in [0.25, 0.3) is 10.2 Å². The highest BCUT2D eigenvalue weighted by molar-refractivity contribution is 7.21. The van der Waals surface area contributed by atoms with Crippen molar-refractivity contribution in [3.63, 3.8) is 0 Å². The Morgan fingerprint density at radius 1 is 1.17 bits per heavy atom. The number of aryl methyl sites for hydroxylation is 2. The van der Waals surface area contributed by atoms with Crippen molar-refractivity contribution >= 4 is 33.0 Å². The number of thiophene rings is 1. The van der Waals surface area contributed by atoms with Crippen molar-refractivity contribution in [3.8, 4) is 0 Å². The quantitative estimate of drug-likeness (QED) is 0.721. The number of nitrogens with two attached hydrogens (primary N) is 1. The second kappa shape index (κ2) is 5.42. The molecular weight excluding hydrogens is 311 g/mol. The monoisotopic (exact) mass is 326 g/mol. The molecule has 116 valence electrons. The number of aromatic nitrogens is 1. The van der Waals surface area contributed by atoms with Crippen LogP contribution in [0, 0.1) is 5.82 Å². The average Bonchev–Trinajstić information content (AvgIpc) is 2.89. The second-order valence-electron chi connectivity index (χ2n) is 5.83. The van der Waals surface area contributed by atoms with Crippen LogP contribution < -0.4 is 5.73 Å². The predicted molar refractivity (Wildman–Crippen MR) is 90.5 cm³/mol. The molecule has 0 radical (unpaired) electrons. The molecule has 2 heterocycles. The summed E-state index contributed by atoms with van der Waals surface area (Å²) in [4.78, 5) is 18.7. The summed E-state index contributed by atoms with van der Waals surface area (Å²) in [7, 11) is 0. The Hall–Kier alpha value is -2.27. The second-order valence-corrected chi connectivity index (χ2v) is 6.83. The van der Waals surface area contributed by atoms with Gasteiger partial charge in [-0.3, -0.25) is 4.79 Å². The van der Waals surface area contributed by atoms with Gasteiger partial charge >= 0.3 is 0 Å². The number of carbonyl (C=O) groups is 1. The molecule has 0 spiro atoms. The van der Waals surface area contributed by atoms with Gasteiger partial charge in [-0.25, -0.2) is 9.37 Å². The van der Waals surface area contributed by atoms with Crippen molar-refractivity contribution in [2.24, 2.45) is 0 Å². The van der Waals surface area contributed by atoms with Gasteiger partial charge in [0.25, 0.3) is 0 Å². The van der Waals surface area contributed by atoms with E-state index in [0.29, 0.717) is 16.1 Å². The van der Waals surface area contributed by atoms with E-state index in [-0.39, 0.29) is 11.6 Å². The summed E-state index contributed by atoms with van der Waals surface area (Å²) in [5, 5.41) is 0.862. The first-order valence-electron chi connectivity index (χ1n) is 7.64. The van der Waals surface area contributed by atoms with Gasteiger partial charge in [-0.15, -0.1) is 11.3 Å². The molecule has 2 aromatic heterocycles. The third-order valence-corrected chi connectivity index (χ3v) is 5.43. The third kappa shape index (κ3) is 2.41. The highest BCUT2D eigenvalue weighted by Gasteiger charge is 2.21. The van der Waals surface area contributed by atoms with Gasteiger partial charge in [-0.05, 0) is 61.6 Å². The van der Waals surface area contributed by atoms with Crippen LogP contribution in [0.5, 0.6) is 0 Å². The van der Waals surface area contributed by atoms with E-state index < -0.39 is 0 Å². The predicted octanol–water partition coefficient (Wildman–Crippen LogP) is 4.13. The lowest BCUT2D eigenvalue weighted by Crippen LogP contribution is -2.05. The van der Waals surface area contributed by atoms with Crippen LogP contribution in [0.15, 0.2) is 30.3 Å². The molecule has 0 saturated heterocycles. The number of hydrogen-bond acceptors (Lipinski definition) is 4. The molecule has 5 heteroatoms. The van der Waals surface area contributed by atoms with Crippen LogP contribution in [-0.4, -0.2) is 10.8 Å². The van der Waals surface area contributed by atoms with Gasteiger partial charge < -0.3 is 5.73 Å². The fraction of sp³-hybridized carbons (Fsp3) is 0.222. The Kier molecular flexibility index (Phi) is 3.38. The van der Waals surface area contributed by atoms with E-state index >= 15 is 0 Å². The molecule has 0 amide bonds. The minimum absolute atomic E-state index is 0.177. The SMILES string of the molecule is Nc1c(C(=O)c2ccc(F)cc2)sc2nc3c(cc12)CCCC3. The van der Waals surface area contributed by atoms with E-state index in [4.69, 9.17) is 10.7 Å². The molecule has 3 nitrogen and oxygen atoms in total. The van der Waals surface area contributed by atoms with Crippen LogP contribution >= 0.6 is 11.3 Å². The number of benzene rings is 1. The van der Waals surface area contributed by atoms with E-state index in [0.717, 1.165) is 35.2 Å². The van der Waals surface area contributed by atoms with Crippen LogP contribution in [0.4, 0.5) is 10.1 Å². The maximum atomic E-state index is 13.0. The van der Waals surface area contributed by atoms with Crippen LogP contribution in [0.2, 0.25) is 0 Å². The molecule has 1 aromatic carbocycles. The van der Waals surface area contributed by atoms with E-state index in [1.54, 1.807) is 0 Å². The van der Waals surface area contributed by atoms with Gasteiger partial charge in [0.2, 0.25) is 5.78 Å². The number of halogens is 1. The number of anilines is 1. The first-order valence-corrected chi connectivity index (χ1v) is 8.46. The van der Waals surface area contributed by atoms with E-state index in [2.05, 4.69) is 6.07 Å². The van der Waals surface area contributed by atoms with Crippen LogP contribution in [0.3, 0.4) is 0 Å². The number of pyridine rings is 1. The number of nitrogens with zero attached hydrogens (tertiary/aromatic N) is 1. The standard InChI is InChI=1S/C18H15FN2OS/c19-12-7-5-10(6-8-12)16(22)17-15(20)13-9-11-3-1-2-4-14(11)21-18(13)23-17/h5-9H,1-4,20H2. The van der Waals surface area contributed by atoms with Gasteiger partial charge in [0.05, 0.1) is 5.69 Å². The summed E-state index contributed by atoms with van der Waals surface area (Å²) in [5.41, 5.74) is 9.52. The molecule has 0 saturated carbocycles. The zero-order valence-electron chi connectivity index (χ0n) is 12.4. The molecule has 2 N–H and O–H groups in total. The maximum Gasteiger partial charge on any atom is 0.205 e. The Morgan fingerprint density at radius 3 is 2.70 bits per heavy atom. The minimum Gasteiger partial charge on any atom is -0.397 e. The molecule has 4 rings (SSSR count). The fourth-order valence-corrected chi connectivity index (χ4v) is 4.12. The number of nitrogen functional groups attached to an aromatic ring is 1. The number of carbonyl (C=O) groups excluding carboxylic acids is 1. The Balaban J connectivity index is 1.82. The van der Waals surface area contributed by atoms with Gasteiger partial charge in [-0.2, -0.15) is 0 Å². The van der Waals surface area contributed by atoms with Crippen molar-refractivity contribution in [2.45, 2.75) is 25.7 Å². The van der Waals surface area contributed by atoms with Crippen molar-refractivity contribution in [3.05, 3.63) is 57.8 Å². The molecule has 0 fully saturated rings. The van der Waals surface area contributed by atoms with Gasteiger partial charge in [0.15, 0.2) is 0 Å². The largest absolute Gasteiger partial charge is 0.397 e. The topological polar surface area (TPSA) is 56.0 Å². The zero-order chi connectivity index (χ0) is 16.0. The summed E-state index contributed by atoms with van der Waals surface area (Å²) in [6.45, 7) is 0. The highest BCUT2D eigenvalue weighted by Crippen LogP contribution is 2.36. The molecule has 0 unspecified atom stereocenters. The van der Waals surface area contributed by atoms with Crippen molar-refractivity contribution in [1.29, 1.82) is 0 Å². The molecule has 3 aromatic rings. The summed E-state index contributed by atoms with van der Waals surface area (Å²) >= 11 is 1.32. The van der Waals surface area contributed by atoms with Crippen molar-refractivity contribution < 1.29 is 9.18 Å². The lowest BCUT2D eigenvalue weighted by atomic mass is 9.95. The smallest absolute Gasteiger partial charge is 0.205 e. The molecular formula is C18H15FN2OS. The number of hydrogen-bond donors (Lipinski definition) is 1. The summed E-state index contributed by atoms with van der Waals surface area (Å²) in [5.74, 6) is -0.538.